The van der Waals surface area contributed by atoms with Gasteiger partial charge in [0.2, 0.25) is 0 Å². The molecule has 398 valence electrons. The second-order valence-electron chi connectivity index (χ2n) is 20.3. The fourth-order valence-electron chi connectivity index (χ4n) is 7.99. The van der Waals surface area contributed by atoms with Gasteiger partial charge in [-0.05, 0) is 57.8 Å². The van der Waals surface area contributed by atoms with E-state index in [9.17, 15) is 14.3 Å². The Kier molecular flexibility index (Phi) is 50.2. The fourth-order valence-corrected chi connectivity index (χ4v) is 8.74. The molecule has 2 unspecified atom stereocenters. The lowest BCUT2D eigenvalue weighted by Crippen LogP contribution is -2.37. The van der Waals surface area contributed by atoms with Crippen LogP contribution >= 0.6 is 7.82 Å². The number of nitrogens with zero attached hydrogens (tertiary/aromatic N) is 1. The van der Waals surface area contributed by atoms with Crippen molar-refractivity contribution in [3.8, 4) is 0 Å². The van der Waals surface area contributed by atoms with Crippen LogP contribution in [0.5, 0.6) is 0 Å². The highest BCUT2D eigenvalue weighted by molar-refractivity contribution is 7.47. The van der Waals surface area contributed by atoms with Crippen LogP contribution in [0, 0.1) is 0 Å². The van der Waals surface area contributed by atoms with Gasteiger partial charge in [-0.3, -0.25) is 13.8 Å². The largest absolute Gasteiger partial charge is 0.472 e. The molecular formula is C59H111NO7P+. The SMILES string of the molecule is CC/C=C\C/C=C\C/C=C\C/C=C\C/C=C\CCCCCCCCCCCC(=O)OC(COCCCCCCCCCCCCCCCCCCCCCCC)COP(=O)(O)OCC[N+](C)(C)C. The summed E-state index contributed by atoms with van der Waals surface area (Å²) in [7, 11) is 1.67. The van der Waals surface area contributed by atoms with Gasteiger partial charge in [0.1, 0.15) is 19.3 Å². The molecule has 0 bridgehead atoms. The molecule has 68 heavy (non-hydrogen) atoms. The molecule has 9 heteroatoms. The first-order valence-corrected chi connectivity index (χ1v) is 30.0. The average molecular weight is 978 g/mol. The summed E-state index contributed by atoms with van der Waals surface area (Å²) in [6.07, 6.45) is 67.1. The molecule has 0 rings (SSSR count). The Bertz CT molecular complexity index is 1270. The first-order valence-electron chi connectivity index (χ1n) is 28.5. The van der Waals surface area contributed by atoms with Crippen LogP contribution in [0.4, 0.5) is 0 Å². The topological polar surface area (TPSA) is 91.3 Å². The van der Waals surface area contributed by atoms with Gasteiger partial charge in [0.15, 0.2) is 0 Å². The summed E-state index contributed by atoms with van der Waals surface area (Å²) in [4.78, 5) is 23.1. The van der Waals surface area contributed by atoms with E-state index in [1.54, 1.807) is 0 Å². The van der Waals surface area contributed by atoms with Crippen molar-refractivity contribution in [2.24, 2.45) is 0 Å². The van der Waals surface area contributed by atoms with E-state index < -0.39 is 13.9 Å². The molecule has 8 nitrogen and oxygen atoms in total. The number of likely N-dealkylation sites (N-methyl/N-ethyl adjacent to an activating group) is 1. The second kappa shape index (κ2) is 51.6. The van der Waals surface area contributed by atoms with E-state index in [0.29, 0.717) is 24.1 Å². The molecule has 0 spiro atoms. The molecule has 0 aromatic rings. The minimum absolute atomic E-state index is 0.0868. The van der Waals surface area contributed by atoms with Crippen molar-refractivity contribution in [1.29, 1.82) is 0 Å². The Balaban J connectivity index is 4.09. The van der Waals surface area contributed by atoms with E-state index in [-0.39, 0.29) is 25.8 Å². The number of carbonyl (C=O) groups is 1. The first kappa shape index (κ1) is 66.2. The zero-order valence-corrected chi connectivity index (χ0v) is 46.2. The van der Waals surface area contributed by atoms with Gasteiger partial charge < -0.3 is 18.9 Å². The summed E-state index contributed by atoms with van der Waals surface area (Å²) in [5.41, 5.74) is 0. The number of carbonyl (C=O) groups excluding carboxylic acids is 1. The number of hydrogen-bond acceptors (Lipinski definition) is 6. The molecule has 0 aromatic carbocycles. The summed E-state index contributed by atoms with van der Waals surface area (Å²) in [5, 5.41) is 0. The Morgan fingerprint density at radius 3 is 1.28 bits per heavy atom. The van der Waals surface area contributed by atoms with Crippen LogP contribution in [0.2, 0.25) is 0 Å². The average Bonchev–Trinajstić information content (AvgIpc) is 3.30. The number of phosphoric ester groups is 1. The van der Waals surface area contributed by atoms with Crippen molar-refractivity contribution in [3.63, 3.8) is 0 Å². The van der Waals surface area contributed by atoms with Crippen LogP contribution < -0.4 is 0 Å². The number of esters is 1. The van der Waals surface area contributed by atoms with Gasteiger partial charge in [0.05, 0.1) is 34.4 Å². The van der Waals surface area contributed by atoms with E-state index in [1.807, 2.05) is 21.1 Å². The maximum absolute atomic E-state index is 12.8. The molecule has 0 saturated carbocycles. The molecular weight excluding hydrogens is 866 g/mol. The summed E-state index contributed by atoms with van der Waals surface area (Å²) >= 11 is 0. The van der Waals surface area contributed by atoms with Crippen molar-refractivity contribution in [2.75, 3.05) is 54.1 Å². The van der Waals surface area contributed by atoms with Crippen molar-refractivity contribution in [3.05, 3.63) is 60.8 Å². The highest BCUT2D eigenvalue weighted by Crippen LogP contribution is 2.43. The van der Waals surface area contributed by atoms with E-state index in [4.69, 9.17) is 18.5 Å². The highest BCUT2D eigenvalue weighted by atomic mass is 31.2. The molecule has 0 amide bonds. The Labute approximate surface area is 421 Å². The van der Waals surface area contributed by atoms with E-state index in [1.165, 1.54) is 161 Å². The lowest BCUT2D eigenvalue weighted by atomic mass is 10.0. The van der Waals surface area contributed by atoms with Crippen molar-refractivity contribution < 1.29 is 37.3 Å². The maximum Gasteiger partial charge on any atom is 0.472 e. The van der Waals surface area contributed by atoms with Crippen molar-refractivity contribution in [1.82, 2.24) is 0 Å². The van der Waals surface area contributed by atoms with E-state index >= 15 is 0 Å². The molecule has 0 radical (unpaired) electrons. The number of hydrogen-bond donors (Lipinski definition) is 1. The van der Waals surface area contributed by atoms with Crippen LogP contribution in [0.15, 0.2) is 60.8 Å². The molecule has 2 atom stereocenters. The number of allylic oxidation sites excluding steroid dienone is 10. The molecule has 0 heterocycles. The number of rotatable bonds is 53. The minimum atomic E-state index is -4.29. The van der Waals surface area contributed by atoms with E-state index in [0.717, 1.165) is 70.6 Å². The summed E-state index contributed by atoms with van der Waals surface area (Å²) in [6.45, 7) is 5.55. The Morgan fingerprint density at radius 2 is 0.853 bits per heavy atom. The lowest BCUT2D eigenvalue weighted by molar-refractivity contribution is -0.870. The van der Waals surface area contributed by atoms with Gasteiger partial charge in [-0.25, -0.2) is 4.57 Å². The monoisotopic (exact) mass is 977 g/mol. The lowest BCUT2D eigenvalue weighted by Gasteiger charge is -2.24. The van der Waals surface area contributed by atoms with Gasteiger partial charge in [0, 0.05) is 13.0 Å². The van der Waals surface area contributed by atoms with Crippen LogP contribution in [0.3, 0.4) is 0 Å². The quantitative estimate of drug-likeness (QED) is 0.0213. The summed E-state index contributed by atoms with van der Waals surface area (Å²) < 4.78 is 35.3. The van der Waals surface area contributed by atoms with Crippen LogP contribution in [0.25, 0.3) is 0 Å². The van der Waals surface area contributed by atoms with Gasteiger partial charge in [-0.1, -0.05) is 248 Å². The standard InChI is InChI=1S/C59H110NO7P/c1-6-8-10-12-14-16-18-20-22-24-26-28-29-30-31-32-34-36-38-40-42-44-46-48-50-52-59(61)67-58(57-66-68(62,63)65-55-53-60(3,4)5)56-64-54-51-49-47-45-43-41-39-37-35-33-27-25-23-21-19-17-15-13-11-9-7-2/h8,10,14,16,20,22,26,28,30-31,58H,6-7,9,11-13,15,17-19,21,23-25,27,29,32-57H2,1-5H3/p+1/b10-8-,16-14-,22-20-,28-26-,31-30-. The predicted octanol–water partition coefficient (Wildman–Crippen LogP) is 18.0. The number of unbranched alkanes of at least 4 members (excludes halogenated alkanes) is 29. The third kappa shape index (κ3) is 55.1. The normalized spacial score (nSPS) is 13.9. The molecule has 0 aliphatic carbocycles. The second-order valence-corrected chi connectivity index (χ2v) is 21.8. The fraction of sp³-hybridized carbons (Fsp3) is 0.814. The number of quaternary nitrogens is 1. The van der Waals surface area contributed by atoms with Gasteiger partial charge >= 0.3 is 13.8 Å². The minimum Gasteiger partial charge on any atom is -0.457 e. The van der Waals surface area contributed by atoms with Gasteiger partial charge in [-0.2, -0.15) is 0 Å². The highest BCUT2D eigenvalue weighted by Gasteiger charge is 2.26. The third-order valence-corrected chi connectivity index (χ3v) is 13.3. The summed E-state index contributed by atoms with van der Waals surface area (Å²) in [5.74, 6) is -0.317. The zero-order valence-electron chi connectivity index (χ0n) is 45.3. The third-order valence-electron chi connectivity index (χ3n) is 12.3. The number of phosphoric acid groups is 1. The zero-order chi connectivity index (χ0) is 49.8. The molecule has 0 aliphatic rings. The molecule has 1 N–H and O–H groups in total. The van der Waals surface area contributed by atoms with Crippen LogP contribution in [0.1, 0.15) is 251 Å². The van der Waals surface area contributed by atoms with Gasteiger partial charge in [0.25, 0.3) is 0 Å². The predicted molar refractivity (Wildman–Crippen MR) is 293 cm³/mol. The maximum atomic E-state index is 12.8. The molecule has 0 aromatic heterocycles. The number of ether oxygens (including phenoxy) is 2. The van der Waals surface area contributed by atoms with E-state index in [2.05, 4.69) is 74.6 Å². The van der Waals surface area contributed by atoms with Crippen LogP contribution in [-0.4, -0.2) is 75.6 Å². The first-order chi connectivity index (χ1) is 33.1. The van der Waals surface area contributed by atoms with Crippen molar-refractivity contribution in [2.45, 2.75) is 258 Å². The van der Waals surface area contributed by atoms with Crippen LogP contribution in [-0.2, 0) is 27.9 Å². The Morgan fingerprint density at radius 1 is 0.471 bits per heavy atom. The smallest absolute Gasteiger partial charge is 0.457 e. The molecule has 0 saturated heterocycles. The summed E-state index contributed by atoms with van der Waals surface area (Å²) in [6, 6.07) is 0. The van der Waals surface area contributed by atoms with Gasteiger partial charge in [-0.15, -0.1) is 0 Å². The Hall–Kier alpha value is -1.80. The van der Waals surface area contributed by atoms with Crippen molar-refractivity contribution >= 4 is 13.8 Å². The molecule has 0 fully saturated rings. The molecule has 0 aliphatic heterocycles.